The number of benzene rings is 1. The van der Waals surface area contributed by atoms with E-state index in [9.17, 15) is 0 Å². The highest BCUT2D eigenvalue weighted by atomic mass is 79.9. The Morgan fingerprint density at radius 1 is 1.35 bits per heavy atom. The zero-order valence-corrected chi connectivity index (χ0v) is 13.9. The van der Waals surface area contributed by atoms with Crippen LogP contribution in [0.25, 0.3) is 0 Å². The second-order valence-electron chi connectivity index (χ2n) is 5.72. The van der Waals surface area contributed by atoms with Crippen molar-refractivity contribution in [1.29, 1.82) is 0 Å². The maximum Gasteiger partial charge on any atom is 0.124 e. The predicted octanol–water partition coefficient (Wildman–Crippen LogP) is 4.18. The Morgan fingerprint density at radius 2 is 2.05 bits per heavy atom. The molecule has 0 saturated heterocycles. The van der Waals surface area contributed by atoms with Crippen LogP contribution in [0.2, 0.25) is 0 Å². The minimum atomic E-state index is 0.177. The van der Waals surface area contributed by atoms with Crippen LogP contribution >= 0.6 is 15.9 Å². The maximum atomic E-state index is 5.85. The van der Waals surface area contributed by atoms with Gasteiger partial charge in [-0.1, -0.05) is 48.2 Å². The maximum absolute atomic E-state index is 5.85. The number of nitrogens with one attached hydrogen (secondary N) is 1. The van der Waals surface area contributed by atoms with E-state index in [0.29, 0.717) is 5.92 Å². The zero-order valence-electron chi connectivity index (χ0n) is 12.4. The summed E-state index contributed by atoms with van der Waals surface area (Å²) >= 11 is 3.49. The molecule has 0 aliphatic heterocycles. The van der Waals surface area contributed by atoms with Crippen LogP contribution in [0, 0.1) is 11.8 Å². The van der Waals surface area contributed by atoms with E-state index in [1.165, 1.54) is 32.1 Å². The van der Waals surface area contributed by atoms with Crippen molar-refractivity contribution in [3.05, 3.63) is 28.2 Å². The second-order valence-corrected chi connectivity index (χ2v) is 6.64. The molecule has 0 radical (unpaired) electrons. The number of hydrazine groups is 1. The SMILES string of the molecule is CCC1CCC(C(NN)c2ccc(Br)cc2OC)CC1. The van der Waals surface area contributed by atoms with E-state index in [0.717, 1.165) is 21.7 Å². The van der Waals surface area contributed by atoms with Gasteiger partial charge in [0.15, 0.2) is 0 Å². The van der Waals surface area contributed by atoms with Gasteiger partial charge in [-0.25, -0.2) is 0 Å². The van der Waals surface area contributed by atoms with Gasteiger partial charge in [-0.15, -0.1) is 0 Å². The molecular formula is C16H25BrN2O. The predicted molar refractivity (Wildman–Crippen MR) is 86.5 cm³/mol. The summed E-state index contributed by atoms with van der Waals surface area (Å²) in [7, 11) is 1.72. The van der Waals surface area contributed by atoms with Gasteiger partial charge in [0.05, 0.1) is 13.2 Å². The minimum absolute atomic E-state index is 0.177. The minimum Gasteiger partial charge on any atom is -0.496 e. The van der Waals surface area contributed by atoms with Crippen molar-refractivity contribution in [2.24, 2.45) is 17.7 Å². The van der Waals surface area contributed by atoms with Crippen LogP contribution in [0.15, 0.2) is 22.7 Å². The van der Waals surface area contributed by atoms with E-state index in [1.54, 1.807) is 7.11 Å². The van der Waals surface area contributed by atoms with Gasteiger partial charge in [0.2, 0.25) is 0 Å². The van der Waals surface area contributed by atoms with Crippen LogP contribution in [-0.2, 0) is 0 Å². The number of hydrogen-bond donors (Lipinski definition) is 2. The van der Waals surface area contributed by atoms with Gasteiger partial charge in [-0.2, -0.15) is 0 Å². The third-order valence-electron chi connectivity index (χ3n) is 4.65. The Hall–Kier alpha value is -0.580. The Bertz CT molecular complexity index is 430. The lowest BCUT2D eigenvalue weighted by molar-refractivity contribution is 0.216. The van der Waals surface area contributed by atoms with Gasteiger partial charge >= 0.3 is 0 Å². The van der Waals surface area contributed by atoms with Crippen molar-refractivity contribution >= 4 is 15.9 Å². The van der Waals surface area contributed by atoms with Crippen molar-refractivity contribution in [1.82, 2.24) is 5.43 Å². The van der Waals surface area contributed by atoms with Crippen LogP contribution in [0.1, 0.15) is 50.6 Å². The normalized spacial score (nSPS) is 24.4. The third kappa shape index (κ3) is 3.54. The number of nitrogens with two attached hydrogens (primary N) is 1. The molecule has 4 heteroatoms. The highest BCUT2D eigenvalue weighted by molar-refractivity contribution is 9.10. The first-order valence-electron chi connectivity index (χ1n) is 7.49. The first-order valence-corrected chi connectivity index (χ1v) is 8.28. The summed E-state index contributed by atoms with van der Waals surface area (Å²) in [5.74, 6) is 8.24. The Kier molecular flexibility index (Phi) is 5.87. The highest BCUT2D eigenvalue weighted by Gasteiger charge is 2.29. The topological polar surface area (TPSA) is 47.3 Å². The number of hydrogen-bond acceptors (Lipinski definition) is 3. The molecule has 0 aromatic heterocycles. The first kappa shape index (κ1) is 15.8. The lowest BCUT2D eigenvalue weighted by atomic mass is 9.76. The summed E-state index contributed by atoms with van der Waals surface area (Å²) in [6.07, 6.45) is 6.42. The van der Waals surface area contributed by atoms with E-state index in [2.05, 4.69) is 40.4 Å². The molecule has 0 heterocycles. The quantitative estimate of drug-likeness (QED) is 0.624. The monoisotopic (exact) mass is 340 g/mol. The smallest absolute Gasteiger partial charge is 0.124 e. The van der Waals surface area contributed by atoms with E-state index in [1.807, 2.05) is 6.07 Å². The largest absolute Gasteiger partial charge is 0.496 e. The first-order chi connectivity index (χ1) is 9.69. The van der Waals surface area contributed by atoms with Crippen LogP contribution in [0.5, 0.6) is 5.75 Å². The van der Waals surface area contributed by atoms with E-state index >= 15 is 0 Å². The lowest BCUT2D eigenvalue weighted by Crippen LogP contribution is -2.35. The van der Waals surface area contributed by atoms with Crippen LogP contribution < -0.4 is 16.0 Å². The summed E-state index contributed by atoms with van der Waals surface area (Å²) in [4.78, 5) is 0. The summed E-state index contributed by atoms with van der Waals surface area (Å²) in [5, 5.41) is 0. The van der Waals surface area contributed by atoms with Crippen molar-refractivity contribution in [3.8, 4) is 5.75 Å². The average molecular weight is 341 g/mol. The standard InChI is InChI=1S/C16H25BrN2O/c1-3-11-4-6-12(7-5-11)16(19-18)14-9-8-13(17)10-15(14)20-2/h8-12,16,19H,3-7,18H2,1-2H3. The van der Waals surface area contributed by atoms with Crippen LogP contribution in [-0.4, -0.2) is 7.11 Å². The third-order valence-corrected chi connectivity index (χ3v) is 5.14. The molecule has 1 aromatic rings. The summed E-state index contributed by atoms with van der Waals surface area (Å²) in [6.45, 7) is 2.29. The van der Waals surface area contributed by atoms with E-state index < -0.39 is 0 Å². The van der Waals surface area contributed by atoms with Gasteiger partial charge in [0.1, 0.15) is 5.75 Å². The van der Waals surface area contributed by atoms with Gasteiger partial charge in [-0.05, 0) is 36.8 Å². The summed E-state index contributed by atoms with van der Waals surface area (Å²) in [6, 6.07) is 6.35. The van der Waals surface area contributed by atoms with Crippen LogP contribution in [0.3, 0.4) is 0 Å². The van der Waals surface area contributed by atoms with Gasteiger partial charge in [-0.3, -0.25) is 11.3 Å². The van der Waals surface area contributed by atoms with Crippen LogP contribution in [0.4, 0.5) is 0 Å². The molecule has 1 aliphatic carbocycles. The highest BCUT2D eigenvalue weighted by Crippen LogP contribution is 2.40. The molecular weight excluding hydrogens is 316 g/mol. The van der Waals surface area contributed by atoms with E-state index in [4.69, 9.17) is 10.6 Å². The molecule has 1 unspecified atom stereocenters. The Balaban J connectivity index is 2.16. The molecule has 1 fully saturated rings. The number of methoxy groups -OCH3 is 1. The fourth-order valence-electron chi connectivity index (χ4n) is 3.35. The summed E-state index contributed by atoms with van der Waals surface area (Å²) < 4.78 is 6.55. The van der Waals surface area contributed by atoms with Gasteiger partial charge in [0.25, 0.3) is 0 Å². The van der Waals surface area contributed by atoms with Crippen molar-refractivity contribution in [3.63, 3.8) is 0 Å². The van der Waals surface area contributed by atoms with Crippen molar-refractivity contribution in [2.45, 2.75) is 45.1 Å². The van der Waals surface area contributed by atoms with Crippen molar-refractivity contribution < 1.29 is 4.74 Å². The lowest BCUT2D eigenvalue weighted by Gasteiger charge is -2.34. The molecule has 2 rings (SSSR count). The Labute approximate surface area is 130 Å². The van der Waals surface area contributed by atoms with E-state index in [-0.39, 0.29) is 6.04 Å². The van der Waals surface area contributed by atoms with Gasteiger partial charge in [0, 0.05) is 10.0 Å². The fourth-order valence-corrected chi connectivity index (χ4v) is 3.69. The molecule has 1 aromatic carbocycles. The molecule has 1 aliphatic rings. The fraction of sp³-hybridized carbons (Fsp3) is 0.625. The molecule has 3 nitrogen and oxygen atoms in total. The molecule has 1 atom stereocenters. The molecule has 0 bridgehead atoms. The number of ether oxygens (including phenoxy) is 1. The summed E-state index contributed by atoms with van der Waals surface area (Å²) in [5.41, 5.74) is 4.18. The molecule has 3 N–H and O–H groups in total. The van der Waals surface area contributed by atoms with Crippen molar-refractivity contribution in [2.75, 3.05) is 7.11 Å². The molecule has 0 amide bonds. The molecule has 0 spiro atoms. The Morgan fingerprint density at radius 3 is 2.60 bits per heavy atom. The average Bonchev–Trinajstić information content (AvgIpc) is 2.50. The number of halogens is 1. The second kappa shape index (κ2) is 7.43. The van der Waals surface area contributed by atoms with Gasteiger partial charge < -0.3 is 4.74 Å². The molecule has 1 saturated carbocycles. The molecule has 20 heavy (non-hydrogen) atoms. The number of rotatable bonds is 5. The zero-order chi connectivity index (χ0) is 14.5. The molecule has 112 valence electrons.